The van der Waals surface area contributed by atoms with Crippen molar-refractivity contribution in [1.29, 1.82) is 0 Å². The zero-order valence-corrected chi connectivity index (χ0v) is 20.3. The minimum Gasteiger partial charge on any atom is -0.756 e. The standard InChI is InChI=1S/C16H27N3O14P2/c1-6-4-19(16(24)18-14(6)23)10-3-8(20)9(31-10)5-29-34(25,26)33-35(27,28)32-15-13(22)12(21)11(17)7(2)30-15/h4,7-13,15,20-22H,3,5,17H2,1-2H3,(H,25,26)(H,27,28)(H,18,23,24)/p-1/t7-,8+,9-,10-,11-,12+,13-,15?/m1/s1. The number of phosphoric acid groups is 2. The number of H-pyrrole nitrogens is 1. The van der Waals surface area contributed by atoms with Crippen molar-refractivity contribution in [3.05, 3.63) is 32.6 Å². The van der Waals surface area contributed by atoms with Gasteiger partial charge in [0.1, 0.15) is 36.7 Å². The zero-order valence-electron chi connectivity index (χ0n) is 18.5. The fraction of sp³-hybridized carbons (Fsp3) is 0.750. The molecule has 3 rings (SSSR count). The predicted octanol–water partition coefficient (Wildman–Crippen LogP) is -4.44. The number of nitrogens with one attached hydrogen (secondary N) is 1. The number of quaternary nitrogens is 1. The fourth-order valence-electron chi connectivity index (χ4n) is 3.47. The number of nitrogens with zero attached hydrogens (tertiary/aromatic N) is 1. The van der Waals surface area contributed by atoms with Crippen molar-refractivity contribution in [2.24, 2.45) is 0 Å². The van der Waals surface area contributed by atoms with Gasteiger partial charge in [-0.05, 0) is 13.8 Å². The van der Waals surface area contributed by atoms with Crippen LogP contribution in [0.3, 0.4) is 0 Å². The number of ether oxygens (including phenoxy) is 2. The van der Waals surface area contributed by atoms with E-state index in [0.29, 0.717) is 0 Å². The number of aromatic amines is 1. The van der Waals surface area contributed by atoms with Crippen LogP contribution in [0, 0.1) is 6.92 Å². The summed E-state index contributed by atoms with van der Waals surface area (Å²) in [4.78, 5) is 49.6. The van der Waals surface area contributed by atoms with E-state index >= 15 is 0 Å². The highest BCUT2D eigenvalue weighted by atomic mass is 31.3. The number of aromatic nitrogens is 2. The van der Waals surface area contributed by atoms with Crippen LogP contribution in [0.5, 0.6) is 0 Å². The molecule has 0 aliphatic carbocycles. The molecule has 1 aromatic heterocycles. The summed E-state index contributed by atoms with van der Waals surface area (Å²) in [5.41, 5.74) is 2.31. The Morgan fingerprint density at radius 2 is 1.86 bits per heavy atom. The second kappa shape index (κ2) is 10.6. The summed E-state index contributed by atoms with van der Waals surface area (Å²) >= 11 is 0. The Kier molecular flexibility index (Phi) is 8.56. The Labute approximate surface area is 197 Å². The van der Waals surface area contributed by atoms with Gasteiger partial charge < -0.3 is 44.8 Å². The molecule has 10 atom stereocenters. The lowest BCUT2D eigenvalue weighted by Gasteiger charge is -2.40. The lowest BCUT2D eigenvalue weighted by Crippen LogP contribution is -2.77. The molecule has 3 heterocycles. The normalized spacial score (nSPS) is 37.0. The molecular formula is C16H26N3O14P2-. The topological polar surface area (TPSA) is 270 Å². The van der Waals surface area contributed by atoms with Gasteiger partial charge in [0.2, 0.25) is 0 Å². The Morgan fingerprint density at radius 3 is 2.51 bits per heavy atom. The monoisotopic (exact) mass is 546 g/mol. The first-order valence-electron chi connectivity index (χ1n) is 10.3. The third kappa shape index (κ3) is 6.72. The van der Waals surface area contributed by atoms with Crippen LogP contribution in [-0.2, 0) is 32.0 Å². The number of aliphatic hydroxyl groups is 3. The summed E-state index contributed by atoms with van der Waals surface area (Å²) in [7, 11) is -11.3. The van der Waals surface area contributed by atoms with E-state index in [-0.39, 0.29) is 12.0 Å². The van der Waals surface area contributed by atoms with E-state index in [2.05, 4.69) is 24.1 Å². The molecule has 35 heavy (non-hydrogen) atoms. The average molecular weight is 546 g/mol. The lowest BCUT2D eigenvalue weighted by atomic mass is 9.98. The molecule has 0 amide bonds. The van der Waals surface area contributed by atoms with Crippen LogP contribution < -0.4 is 26.8 Å². The minimum absolute atomic E-state index is 0.169. The van der Waals surface area contributed by atoms with Gasteiger partial charge in [-0.1, -0.05) is 0 Å². The number of hydrogen-bond donors (Lipinski definition) is 5. The van der Waals surface area contributed by atoms with E-state index in [1.54, 1.807) is 0 Å². The van der Waals surface area contributed by atoms with Crippen LogP contribution in [0.15, 0.2) is 15.8 Å². The van der Waals surface area contributed by atoms with E-state index in [1.807, 2.05) is 0 Å². The largest absolute Gasteiger partial charge is 0.756 e. The number of aliphatic hydroxyl groups excluding tert-OH is 3. The molecule has 2 saturated heterocycles. The van der Waals surface area contributed by atoms with Gasteiger partial charge >= 0.3 is 5.69 Å². The molecule has 200 valence electrons. The summed E-state index contributed by atoms with van der Waals surface area (Å²) in [6.45, 7) is 1.96. The number of hydrogen-bond acceptors (Lipinski definition) is 14. The van der Waals surface area contributed by atoms with E-state index in [1.165, 1.54) is 20.0 Å². The van der Waals surface area contributed by atoms with Crippen molar-refractivity contribution in [3.63, 3.8) is 0 Å². The molecule has 1 aromatic rings. The maximum Gasteiger partial charge on any atom is 0.330 e. The average Bonchev–Trinajstić information content (AvgIpc) is 3.11. The van der Waals surface area contributed by atoms with Crippen LogP contribution in [0.1, 0.15) is 25.1 Å². The van der Waals surface area contributed by atoms with Gasteiger partial charge in [0, 0.05) is 18.2 Å². The number of aryl methyl sites for hydroxylation is 1. The maximum atomic E-state index is 12.0. The molecule has 0 aromatic carbocycles. The van der Waals surface area contributed by atoms with Gasteiger partial charge in [0.15, 0.2) is 6.29 Å². The van der Waals surface area contributed by atoms with E-state index in [9.17, 15) is 43.8 Å². The molecule has 7 N–H and O–H groups in total. The summed E-state index contributed by atoms with van der Waals surface area (Å²) in [6, 6.07) is -0.816. The molecule has 2 aliphatic heterocycles. The SMILES string of the molecule is Cc1cn([C@H]2C[C@H](O)[C@@H](COP(=O)([O-])OP(=O)([O-])OC3O[C@H](C)[C@@H]([NH3+])[C@H](O)[C@H]3O)O2)c(=O)[nH]c1=O. The van der Waals surface area contributed by atoms with Gasteiger partial charge in [-0.25, -0.2) is 9.11 Å². The van der Waals surface area contributed by atoms with Crippen molar-refractivity contribution in [3.8, 4) is 0 Å². The van der Waals surface area contributed by atoms with E-state index in [4.69, 9.17) is 9.47 Å². The Balaban J connectivity index is 1.59. The van der Waals surface area contributed by atoms with Crippen molar-refractivity contribution in [1.82, 2.24) is 9.55 Å². The third-order valence-corrected chi connectivity index (χ3v) is 8.04. The first-order valence-corrected chi connectivity index (χ1v) is 13.2. The first-order chi connectivity index (χ1) is 16.1. The fourth-order valence-corrected chi connectivity index (χ4v) is 5.55. The molecule has 0 spiro atoms. The molecular weight excluding hydrogens is 520 g/mol. The number of rotatable bonds is 8. The molecule has 2 aliphatic rings. The van der Waals surface area contributed by atoms with E-state index < -0.39 is 82.6 Å². The molecule has 17 nitrogen and oxygen atoms in total. The van der Waals surface area contributed by atoms with Gasteiger partial charge in [-0.15, -0.1) is 0 Å². The predicted molar refractivity (Wildman–Crippen MR) is 107 cm³/mol. The van der Waals surface area contributed by atoms with Crippen molar-refractivity contribution in [2.45, 2.75) is 69.3 Å². The molecule has 0 radical (unpaired) electrons. The lowest BCUT2D eigenvalue weighted by molar-refractivity contribution is -0.482. The van der Waals surface area contributed by atoms with Crippen molar-refractivity contribution < 1.29 is 62.8 Å². The molecule has 0 saturated carbocycles. The van der Waals surface area contributed by atoms with Gasteiger partial charge in [0.05, 0.1) is 12.7 Å². The van der Waals surface area contributed by atoms with Crippen LogP contribution in [0.2, 0.25) is 0 Å². The molecule has 3 unspecified atom stereocenters. The van der Waals surface area contributed by atoms with Crippen molar-refractivity contribution >= 4 is 15.6 Å². The highest BCUT2D eigenvalue weighted by Gasteiger charge is 2.45. The Hall–Kier alpha value is -1.30. The van der Waals surface area contributed by atoms with E-state index in [0.717, 1.165) is 4.57 Å². The quantitative estimate of drug-likeness (QED) is 0.193. The van der Waals surface area contributed by atoms with Gasteiger partial charge in [0.25, 0.3) is 21.2 Å². The Bertz CT molecular complexity index is 1130. The third-order valence-electron chi connectivity index (χ3n) is 5.51. The molecule has 2 fully saturated rings. The maximum absolute atomic E-state index is 12.0. The summed E-state index contributed by atoms with van der Waals surface area (Å²) in [6.07, 6.45) is -8.89. The number of phosphoric ester groups is 2. The van der Waals surface area contributed by atoms with Crippen LogP contribution in [-0.4, -0.2) is 74.3 Å². The van der Waals surface area contributed by atoms with Gasteiger partial charge in [-0.2, -0.15) is 0 Å². The highest BCUT2D eigenvalue weighted by molar-refractivity contribution is 7.59. The second-order valence-electron chi connectivity index (χ2n) is 8.14. The molecule has 0 bridgehead atoms. The van der Waals surface area contributed by atoms with Crippen molar-refractivity contribution in [2.75, 3.05) is 6.61 Å². The van der Waals surface area contributed by atoms with Crippen LogP contribution >= 0.6 is 15.6 Å². The zero-order chi connectivity index (χ0) is 26.3. The minimum atomic E-state index is -5.70. The molecule has 19 heteroatoms. The summed E-state index contributed by atoms with van der Waals surface area (Å²) in [5.74, 6) is 0. The van der Waals surface area contributed by atoms with Crippen LogP contribution in [0.25, 0.3) is 0 Å². The summed E-state index contributed by atoms with van der Waals surface area (Å²) < 4.78 is 48.5. The highest BCUT2D eigenvalue weighted by Crippen LogP contribution is 2.56. The summed E-state index contributed by atoms with van der Waals surface area (Å²) in [5, 5.41) is 29.9. The van der Waals surface area contributed by atoms with Crippen LogP contribution in [0.4, 0.5) is 0 Å². The van der Waals surface area contributed by atoms with Gasteiger partial charge in [-0.3, -0.25) is 28.0 Å². The smallest absolute Gasteiger partial charge is 0.330 e. The first kappa shape index (κ1) is 28.3. The Morgan fingerprint density at radius 1 is 1.20 bits per heavy atom. The second-order valence-corrected chi connectivity index (χ2v) is 11.1.